The normalized spacial score (nSPS) is 14.5. The summed E-state index contributed by atoms with van der Waals surface area (Å²) in [6.45, 7) is 9.45. The zero-order valence-electron chi connectivity index (χ0n) is 13.2. The van der Waals surface area contributed by atoms with E-state index in [1.165, 1.54) is 12.1 Å². The molecule has 0 unspecified atom stereocenters. The second-order valence-electron chi connectivity index (χ2n) is 5.67. The largest absolute Gasteiger partial charge is 0.488 e. The molecule has 6 heteroatoms. The van der Waals surface area contributed by atoms with Crippen molar-refractivity contribution < 1.29 is 14.3 Å². The van der Waals surface area contributed by atoms with Gasteiger partial charge in [0.2, 0.25) is 5.91 Å². The van der Waals surface area contributed by atoms with Gasteiger partial charge in [-0.25, -0.2) is 4.90 Å². The lowest BCUT2D eigenvalue weighted by Gasteiger charge is -2.18. The highest BCUT2D eigenvalue weighted by atomic mass is 35.5. The van der Waals surface area contributed by atoms with E-state index in [-0.39, 0.29) is 35.6 Å². The van der Waals surface area contributed by atoms with Crippen LogP contribution in [0.2, 0.25) is 10.0 Å². The van der Waals surface area contributed by atoms with Crippen LogP contribution in [0.1, 0.15) is 27.2 Å². The molecule has 2 amide bonds. The van der Waals surface area contributed by atoms with Crippen molar-refractivity contribution in [3.05, 3.63) is 45.5 Å². The Hall–Kier alpha value is -1.78. The summed E-state index contributed by atoms with van der Waals surface area (Å²) in [5.41, 5.74) is 2.40. The Morgan fingerprint density at radius 1 is 1.22 bits per heavy atom. The van der Waals surface area contributed by atoms with Gasteiger partial charge in [0, 0.05) is 11.6 Å². The van der Waals surface area contributed by atoms with E-state index >= 15 is 0 Å². The highest BCUT2D eigenvalue weighted by Crippen LogP contribution is 2.39. The molecule has 1 aromatic rings. The summed E-state index contributed by atoms with van der Waals surface area (Å²) in [6.07, 6.45) is 0.0715. The molecule has 1 aliphatic rings. The van der Waals surface area contributed by atoms with Gasteiger partial charge in [-0.1, -0.05) is 35.4 Å². The number of amides is 2. The summed E-state index contributed by atoms with van der Waals surface area (Å²) in [5, 5.41) is 0.524. The Labute approximate surface area is 145 Å². The first-order valence-electron chi connectivity index (χ1n) is 7.02. The summed E-state index contributed by atoms with van der Waals surface area (Å²) in [6, 6.07) is 2.98. The maximum Gasteiger partial charge on any atom is 0.261 e. The summed E-state index contributed by atoms with van der Waals surface area (Å²) >= 11 is 12.3. The second kappa shape index (κ2) is 6.77. The van der Waals surface area contributed by atoms with Crippen molar-refractivity contribution in [2.75, 3.05) is 11.5 Å². The lowest BCUT2D eigenvalue weighted by molar-refractivity contribution is -0.120. The van der Waals surface area contributed by atoms with Crippen LogP contribution in [0.4, 0.5) is 5.69 Å². The Balaban J connectivity index is 2.45. The zero-order valence-corrected chi connectivity index (χ0v) is 14.7. The summed E-state index contributed by atoms with van der Waals surface area (Å²) in [5.74, 6) is -0.327. The molecule has 1 aromatic carbocycles. The van der Waals surface area contributed by atoms with Crippen LogP contribution >= 0.6 is 23.2 Å². The summed E-state index contributed by atoms with van der Waals surface area (Å²) in [4.78, 5) is 25.8. The van der Waals surface area contributed by atoms with Gasteiger partial charge in [0.1, 0.15) is 12.4 Å². The average molecular weight is 354 g/mol. The van der Waals surface area contributed by atoms with Crippen molar-refractivity contribution in [3.8, 4) is 5.75 Å². The molecule has 0 saturated carbocycles. The fourth-order valence-electron chi connectivity index (χ4n) is 2.19. The minimum Gasteiger partial charge on any atom is -0.488 e. The lowest BCUT2D eigenvalue weighted by Crippen LogP contribution is -2.29. The topological polar surface area (TPSA) is 46.6 Å². The number of imide groups is 1. The third-order valence-electron chi connectivity index (χ3n) is 3.36. The number of benzene rings is 1. The Bertz CT molecular complexity index is 734. The van der Waals surface area contributed by atoms with E-state index in [0.29, 0.717) is 16.3 Å². The van der Waals surface area contributed by atoms with E-state index in [0.717, 1.165) is 16.0 Å². The van der Waals surface area contributed by atoms with E-state index in [1.54, 1.807) is 13.8 Å². The maximum absolute atomic E-state index is 12.5. The summed E-state index contributed by atoms with van der Waals surface area (Å²) in [7, 11) is 0. The number of carbonyl (C=O) groups is 2. The van der Waals surface area contributed by atoms with E-state index in [4.69, 9.17) is 27.9 Å². The third kappa shape index (κ3) is 3.59. The van der Waals surface area contributed by atoms with Crippen molar-refractivity contribution in [1.29, 1.82) is 0 Å². The zero-order chi connectivity index (χ0) is 17.3. The molecular formula is C17H17Cl2NO3. The molecule has 1 aliphatic heterocycles. The number of rotatable bonds is 4. The molecule has 0 aromatic heterocycles. The monoisotopic (exact) mass is 353 g/mol. The third-order valence-corrected chi connectivity index (χ3v) is 3.96. The van der Waals surface area contributed by atoms with Crippen LogP contribution in [0, 0.1) is 0 Å². The number of hydrogen-bond acceptors (Lipinski definition) is 3. The van der Waals surface area contributed by atoms with E-state index in [1.807, 2.05) is 6.92 Å². The van der Waals surface area contributed by atoms with Crippen LogP contribution in [-0.2, 0) is 9.59 Å². The first-order chi connectivity index (χ1) is 10.7. The fraction of sp³-hybridized carbons (Fsp3) is 0.294. The van der Waals surface area contributed by atoms with Gasteiger partial charge < -0.3 is 4.74 Å². The van der Waals surface area contributed by atoms with Crippen molar-refractivity contribution in [2.24, 2.45) is 0 Å². The van der Waals surface area contributed by atoms with Crippen LogP contribution in [0.5, 0.6) is 5.75 Å². The van der Waals surface area contributed by atoms with Gasteiger partial charge in [-0.15, -0.1) is 0 Å². The van der Waals surface area contributed by atoms with Crippen molar-refractivity contribution in [3.63, 3.8) is 0 Å². The van der Waals surface area contributed by atoms with E-state index < -0.39 is 0 Å². The van der Waals surface area contributed by atoms with E-state index in [9.17, 15) is 9.59 Å². The molecule has 2 rings (SSSR count). The highest BCUT2D eigenvalue weighted by molar-refractivity contribution is 6.39. The first-order valence-corrected chi connectivity index (χ1v) is 7.77. The van der Waals surface area contributed by atoms with Crippen molar-refractivity contribution in [2.45, 2.75) is 27.2 Å². The molecular weight excluding hydrogens is 337 g/mol. The van der Waals surface area contributed by atoms with Gasteiger partial charge in [0.05, 0.1) is 22.2 Å². The molecule has 0 spiro atoms. The molecule has 122 valence electrons. The first kappa shape index (κ1) is 17.6. The predicted octanol–water partition coefficient (Wildman–Crippen LogP) is 4.55. The minimum absolute atomic E-state index is 0.0715. The Morgan fingerprint density at radius 3 is 2.39 bits per heavy atom. The number of halogens is 2. The number of allylic oxidation sites excluding steroid dienone is 1. The van der Waals surface area contributed by atoms with Gasteiger partial charge in [0.15, 0.2) is 0 Å². The Morgan fingerprint density at radius 2 is 1.87 bits per heavy atom. The number of carbonyl (C=O) groups excluding carboxylic acids is 2. The molecule has 1 heterocycles. The molecule has 0 N–H and O–H groups in total. The lowest BCUT2D eigenvalue weighted by atomic mass is 10.1. The van der Waals surface area contributed by atoms with Gasteiger partial charge in [-0.2, -0.15) is 0 Å². The van der Waals surface area contributed by atoms with Gasteiger partial charge >= 0.3 is 0 Å². The van der Waals surface area contributed by atoms with Gasteiger partial charge in [-0.05, 0) is 32.4 Å². The van der Waals surface area contributed by atoms with Crippen molar-refractivity contribution >= 4 is 40.7 Å². The van der Waals surface area contributed by atoms with Gasteiger partial charge in [-0.3, -0.25) is 9.59 Å². The minimum atomic E-state index is -0.356. The molecule has 0 radical (unpaired) electrons. The molecule has 0 atom stereocenters. The van der Waals surface area contributed by atoms with Crippen LogP contribution in [0.15, 0.2) is 35.4 Å². The van der Waals surface area contributed by atoms with Crippen LogP contribution in [0.25, 0.3) is 0 Å². The maximum atomic E-state index is 12.5. The van der Waals surface area contributed by atoms with Crippen LogP contribution < -0.4 is 9.64 Å². The number of hydrogen-bond donors (Lipinski definition) is 0. The second-order valence-corrected chi connectivity index (χ2v) is 6.48. The SMILES string of the molecule is C=C(C)COc1cc(N2C(=O)CC(=C(C)C)C2=O)c(Cl)cc1Cl. The predicted molar refractivity (Wildman–Crippen MR) is 92.3 cm³/mol. The standard InChI is InChI=1S/C17H17Cl2NO3/c1-9(2)8-23-15-7-14(12(18)6-13(15)19)20-16(21)5-11(10(3)4)17(20)22/h6-7H,1,5,8H2,2-4H3. The molecule has 23 heavy (non-hydrogen) atoms. The van der Waals surface area contributed by atoms with Crippen LogP contribution in [-0.4, -0.2) is 18.4 Å². The molecule has 0 bridgehead atoms. The molecule has 4 nitrogen and oxygen atoms in total. The molecule has 1 saturated heterocycles. The Kier molecular flexibility index (Phi) is 5.17. The number of anilines is 1. The number of nitrogens with zero attached hydrogens (tertiary/aromatic N) is 1. The highest BCUT2D eigenvalue weighted by Gasteiger charge is 2.37. The molecule has 0 aliphatic carbocycles. The quantitative estimate of drug-likeness (QED) is 0.453. The van der Waals surface area contributed by atoms with Gasteiger partial charge in [0.25, 0.3) is 5.91 Å². The van der Waals surface area contributed by atoms with Crippen molar-refractivity contribution in [1.82, 2.24) is 0 Å². The molecule has 1 fully saturated rings. The fourth-order valence-corrected chi connectivity index (χ4v) is 2.71. The smallest absolute Gasteiger partial charge is 0.261 e. The summed E-state index contributed by atoms with van der Waals surface area (Å²) < 4.78 is 5.55. The number of ether oxygens (including phenoxy) is 1. The average Bonchev–Trinajstić information content (AvgIpc) is 2.74. The van der Waals surface area contributed by atoms with E-state index in [2.05, 4.69) is 6.58 Å². The van der Waals surface area contributed by atoms with Crippen LogP contribution in [0.3, 0.4) is 0 Å².